The number of carbonyl (C=O) groups excluding carboxylic acids is 1. The van der Waals surface area contributed by atoms with Crippen LogP contribution >= 0.6 is 0 Å². The van der Waals surface area contributed by atoms with E-state index in [1.165, 1.54) is 5.56 Å². The number of nitrogens with one attached hydrogen (secondary N) is 1. The smallest absolute Gasteiger partial charge is 0.329 e. The molecule has 4 rings (SSSR count). The fourth-order valence-electron chi connectivity index (χ4n) is 3.94. The van der Waals surface area contributed by atoms with Crippen LogP contribution in [0.2, 0.25) is 0 Å². The standard InChI is InChI=1S/C31H32N2O4/c1-3-35-31(34)30(33-19-7-8-20-33)23-25-11-17-29(18-12-25)36-21-22-37-32-24(2)26-13-15-28(16-14-26)27-9-5-4-6-10-27/h4-20,30,32H,2-3,21-23H2,1H3. The molecule has 190 valence electrons. The predicted octanol–water partition coefficient (Wildman–Crippen LogP) is 6.07. The van der Waals surface area contributed by atoms with Crippen LogP contribution in [0.4, 0.5) is 0 Å². The van der Waals surface area contributed by atoms with Crippen molar-refractivity contribution in [2.45, 2.75) is 19.4 Å². The number of hydrogen-bond donors (Lipinski definition) is 1. The molecular formula is C31H32N2O4. The average Bonchev–Trinajstić information content (AvgIpc) is 3.47. The van der Waals surface area contributed by atoms with Crippen molar-refractivity contribution in [1.82, 2.24) is 10.0 Å². The van der Waals surface area contributed by atoms with Crippen LogP contribution in [0.5, 0.6) is 5.75 Å². The molecule has 0 aliphatic rings. The highest BCUT2D eigenvalue weighted by atomic mass is 16.7. The Kier molecular flexibility index (Phi) is 9.16. The first-order chi connectivity index (χ1) is 18.1. The van der Waals surface area contributed by atoms with E-state index in [0.29, 0.717) is 31.9 Å². The van der Waals surface area contributed by atoms with Gasteiger partial charge in [-0.1, -0.05) is 73.3 Å². The lowest BCUT2D eigenvalue weighted by molar-refractivity contribution is -0.147. The van der Waals surface area contributed by atoms with Crippen molar-refractivity contribution < 1.29 is 19.1 Å². The maximum atomic E-state index is 12.4. The third-order valence-corrected chi connectivity index (χ3v) is 5.89. The minimum absolute atomic E-state index is 0.239. The molecule has 3 aromatic carbocycles. The predicted molar refractivity (Wildman–Crippen MR) is 146 cm³/mol. The van der Waals surface area contributed by atoms with Crippen LogP contribution in [0.1, 0.15) is 24.1 Å². The van der Waals surface area contributed by atoms with E-state index in [9.17, 15) is 4.79 Å². The molecule has 0 aliphatic heterocycles. The molecule has 1 heterocycles. The van der Waals surface area contributed by atoms with Crippen molar-refractivity contribution in [2.24, 2.45) is 0 Å². The van der Waals surface area contributed by atoms with E-state index in [1.807, 2.05) is 90.6 Å². The normalized spacial score (nSPS) is 11.5. The second kappa shape index (κ2) is 13.1. The molecule has 0 radical (unpaired) electrons. The van der Waals surface area contributed by atoms with E-state index >= 15 is 0 Å². The summed E-state index contributed by atoms with van der Waals surface area (Å²) in [6.07, 6.45) is 4.29. The van der Waals surface area contributed by atoms with Gasteiger partial charge in [-0.25, -0.2) is 4.79 Å². The molecule has 0 spiro atoms. The van der Waals surface area contributed by atoms with Gasteiger partial charge in [-0.2, -0.15) is 0 Å². The third-order valence-electron chi connectivity index (χ3n) is 5.89. The minimum Gasteiger partial charge on any atom is -0.491 e. The van der Waals surface area contributed by atoms with Gasteiger partial charge in [0.25, 0.3) is 0 Å². The quantitative estimate of drug-likeness (QED) is 0.138. The monoisotopic (exact) mass is 496 g/mol. The van der Waals surface area contributed by atoms with E-state index < -0.39 is 6.04 Å². The van der Waals surface area contributed by atoms with Gasteiger partial charge in [-0.15, -0.1) is 0 Å². The van der Waals surface area contributed by atoms with E-state index in [0.717, 1.165) is 22.4 Å². The van der Waals surface area contributed by atoms with Gasteiger partial charge in [0.2, 0.25) is 0 Å². The molecule has 0 saturated heterocycles. The van der Waals surface area contributed by atoms with Gasteiger partial charge >= 0.3 is 5.97 Å². The summed E-state index contributed by atoms with van der Waals surface area (Å²) in [6.45, 7) is 6.94. The molecule has 0 fully saturated rings. The lowest BCUT2D eigenvalue weighted by Crippen LogP contribution is -2.23. The first-order valence-corrected chi connectivity index (χ1v) is 12.4. The molecule has 6 nitrogen and oxygen atoms in total. The molecule has 1 N–H and O–H groups in total. The van der Waals surface area contributed by atoms with Crippen LogP contribution in [-0.4, -0.2) is 30.4 Å². The average molecular weight is 497 g/mol. The molecule has 0 amide bonds. The Morgan fingerprint density at radius 3 is 2.22 bits per heavy atom. The number of rotatable bonds is 13. The highest BCUT2D eigenvalue weighted by molar-refractivity contribution is 5.74. The van der Waals surface area contributed by atoms with Crippen molar-refractivity contribution in [3.8, 4) is 16.9 Å². The second-order valence-corrected chi connectivity index (χ2v) is 8.47. The molecular weight excluding hydrogens is 464 g/mol. The lowest BCUT2D eigenvalue weighted by Gasteiger charge is -2.17. The van der Waals surface area contributed by atoms with Gasteiger partial charge in [0.15, 0.2) is 0 Å². The number of benzene rings is 3. The van der Waals surface area contributed by atoms with Gasteiger partial charge < -0.3 is 14.0 Å². The maximum Gasteiger partial charge on any atom is 0.329 e. The van der Waals surface area contributed by atoms with Crippen LogP contribution < -0.4 is 10.2 Å². The highest BCUT2D eigenvalue weighted by Gasteiger charge is 2.21. The lowest BCUT2D eigenvalue weighted by atomic mass is 10.0. The Balaban J connectivity index is 1.20. The zero-order chi connectivity index (χ0) is 25.9. The van der Waals surface area contributed by atoms with Gasteiger partial charge in [0.05, 0.1) is 12.3 Å². The minimum atomic E-state index is -0.399. The van der Waals surface area contributed by atoms with E-state index in [-0.39, 0.29) is 5.97 Å². The van der Waals surface area contributed by atoms with Crippen LogP contribution in [0.25, 0.3) is 16.8 Å². The molecule has 0 saturated carbocycles. The summed E-state index contributed by atoms with van der Waals surface area (Å²) in [5.41, 5.74) is 7.87. The molecule has 1 aromatic heterocycles. The number of hydroxylamine groups is 1. The summed E-state index contributed by atoms with van der Waals surface area (Å²) in [4.78, 5) is 18.0. The first-order valence-electron chi connectivity index (χ1n) is 12.4. The molecule has 1 atom stereocenters. The Bertz CT molecular complexity index is 1250. The van der Waals surface area contributed by atoms with Crippen molar-refractivity contribution in [3.63, 3.8) is 0 Å². The second-order valence-electron chi connectivity index (χ2n) is 8.47. The Morgan fingerprint density at radius 1 is 0.865 bits per heavy atom. The maximum absolute atomic E-state index is 12.4. The number of carbonyl (C=O) groups is 1. The topological polar surface area (TPSA) is 61.7 Å². The SMILES string of the molecule is C=C(NOCCOc1ccc(CC(C(=O)OCC)n2cccc2)cc1)c1ccc(-c2ccccc2)cc1. The zero-order valence-corrected chi connectivity index (χ0v) is 21.0. The highest BCUT2D eigenvalue weighted by Crippen LogP contribution is 2.22. The summed E-state index contributed by atoms with van der Waals surface area (Å²) in [5.74, 6) is 0.494. The summed E-state index contributed by atoms with van der Waals surface area (Å²) < 4.78 is 12.9. The van der Waals surface area contributed by atoms with Gasteiger partial charge in [-0.3, -0.25) is 10.3 Å². The summed E-state index contributed by atoms with van der Waals surface area (Å²) in [6, 6.07) is 29.5. The van der Waals surface area contributed by atoms with Crippen molar-refractivity contribution in [2.75, 3.05) is 19.8 Å². The van der Waals surface area contributed by atoms with Crippen LogP contribution in [-0.2, 0) is 20.8 Å². The van der Waals surface area contributed by atoms with Crippen molar-refractivity contribution in [1.29, 1.82) is 0 Å². The number of esters is 1. The largest absolute Gasteiger partial charge is 0.491 e. The molecule has 1 unspecified atom stereocenters. The van der Waals surface area contributed by atoms with Crippen LogP contribution in [0.3, 0.4) is 0 Å². The van der Waals surface area contributed by atoms with E-state index in [2.05, 4.69) is 36.3 Å². The fraction of sp³-hybridized carbons (Fsp3) is 0.194. The Morgan fingerprint density at radius 2 is 1.54 bits per heavy atom. The third kappa shape index (κ3) is 7.35. The fourth-order valence-corrected chi connectivity index (χ4v) is 3.94. The van der Waals surface area contributed by atoms with Crippen LogP contribution in [0.15, 0.2) is 110 Å². The number of nitrogens with zero attached hydrogens (tertiary/aromatic N) is 1. The number of hydrogen-bond acceptors (Lipinski definition) is 5. The molecule has 37 heavy (non-hydrogen) atoms. The Hall–Kier alpha value is -4.29. The van der Waals surface area contributed by atoms with Crippen LogP contribution in [0, 0.1) is 0 Å². The molecule has 6 heteroatoms. The first kappa shape index (κ1) is 25.8. The number of aromatic nitrogens is 1. The summed E-state index contributed by atoms with van der Waals surface area (Å²) in [5, 5.41) is 0. The van der Waals surface area contributed by atoms with Gasteiger partial charge in [-0.05, 0) is 53.4 Å². The van der Waals surface area contributed by atoms with E-state index in [1.54, 1.807) is 0 Å². The van der Waals surface area contributed by atoms with Gasteiger partial charge in [0.1, 0.15) is 25.0 Å². The molecule has 4 aromatic rings. The Labute approximate surface area is 218 Å². The molecule has 0 aliphatic carbocycles. The van der Waals surface area contributed by atoms with Gasteiger partial charge in [0, 0.05) is 18.8 Å². The zero-order valence-electron chi connectivity index (χ0n) is 21.0. The number of ether oxygens (including phenoxy) is 2. The van der Waals surface area contributed by atoms with Crippen molar-refractivity contribution in [3.05, 3.63) is 121 Å². The summed E-state index contributed by atoms with van der Waals surface area (Å²) >= 11 is 0. The van der Waals surface area contributed by atoms with E-state index in [4.69, 9.17) is 14.3 Å². The van der Waals surface area contributed by atoms with Crippen molar-refractivity contribution >= 4 is 11.7 Å². The molecule has 0 bridgehead atoms. The summed E-state index contributed by atoms with van der Waals surface area (Å²) in [7, 11) is 0.